The second-order valence-electron chi connectivity index (χ2n) is 8.46. The number of hydrogen-bond donors (Lipinski definition) is 1. The molecule has 2 heterocycles. The molecule has 0 amide bonds. The number of aryl methyl sites for hydroxylation is 1. The van der Waals surface area contributed by atoms with Gasteiger partial charge in [-0.15, -0.1) is 0 Å². The van der Waals surface area contributed by atoms with Gasteiger partial charge in [0, 0.05) is 28.6 Å². The molecule has 8 nitrogen and oxygen atoms in total. The molecule has 0 unspecified atom stereocenters. The van der Waals surface area contributed by atoms with E-state index in [9.17, 15) is 9.90 Å². The smallest absolute Gasteiger partial charge is 0.182 e. The molecule has 0 saturated carbocycles. The van der Waals surface area contributed by atoms with Crippen molar-refractivity contribution in [1.82, 2.24) is 0 Å². The number of aromatic hydroxyl groups is 1. The third kappa shape index (κ3) is 5.31. The summed E-state index contributed by atoms with van der Waals surface area (Å²) in [6, 6.07) is 13.6. The molecule has 2 aromatic carbocycles. The maximum atomic E-state index is 12.1. The van der Waals surface area contributed by atoms with E-state index in [0.29, 0.717) is 75.7 Å². The molecular weight excluding hydrogens is 464 g/mol. The van der Waals surface area contributed by atoms with Crippen molar-refractivity contribution in [1.29, 1.82) is 0 Å². The molecule has 2 aromatic rings. The average Bonchev–Trinajstić information content (AvgIpc) is 2.86. The van der Waals surface area contributed by atoms with Crippen molar-refractivity contribution in [2.45, 2.75) is 6.92 Å². The molecule has 8 heteroatoms. The van der Waals surface area contributed by atoms with E-state index >= 15 is 0 Å². The second-order valence-corrected chi connectivity index (χ2v) is 8.46. The predicted molar refractivity (Wildman–Crippen MR) is 134 cm³/mol. The molecule has 2 aliphatic heterocycles. The highest BCUT2D eigenvalue weighted by Gasteiger charge is 2.21. The van der Waals surface area contributed by atoms with Gasteiger partial charge >= 0.3 is 0 Å². The molecule has 3 aliphatic rings. The van der Waals surface area contributed by atoms with Crippen LogP contribution in [0, 0.1) is 6.92 Å². The van der Waals surface area contributed by atoms with Crippen molar-refractivity contribution >= 4 is 11.0 Å². The normalized spacial score (nSPS) is 15.9. The first-order valence-electron chi connectivity index (χ1n) is 11.9. The zero-order chi connectivity index (χ0) is 24.9. The third-order valence-corrected chi connectivity index (χ3v) is 5.95. The summed E-state index contributed by atoms with van der Waals surface area (Å²) < 4.78 is 34.7. The molecule has 0 fully saturated rings. The molecule has 0 saturated heterocycles. The number of hydrogen-bond acceptors (Lipinski definition) is 8. The lowest BCUT2D eigenvalue weighted by atomic mass is 9.91. The molecule has 0 atom stereocenters. The lowest BCUT2D eigenvalue weighted by Gasteiger charge is -2.20. The Morgan fingerprint density at radius 2 is 1.33 bits per heavy atom. The van der Waals surface area contributed by atoms with Gasteiger partial charge in [-0.3, -0.25) is 4.79 Å². The van der Waals surface area contributed by atoms with Gasteiger partial charge in [-0.05, 0) is 54.4 Å². The van der Waals surface area contributed by atoms with E-state index < -0.39 is 0 Å². The standard InChI is InChI=1S/C28H28O8/c1-18-14-26-27(35-13-11-33-9-7-31-6-8-32-10-12-34-26)17-23(18)28-21-4-2-19(29)15-24(21)36-25-16-20(30)3-5-22(25)28/h2-5,14-17,29H,6-13H2,1H3. The van der Waals surface area contributed by atoms with E-state index in [-0.39, 0.29) is 11.2 Å². The van der Waals surface area contributed by atoms with Crippen molar-refractivity contribution in [3.8, 4) is 39.7 Å². The van der Waals surface area contributed by atoms with Crippen LogP contribution in [0.2, 0.25) is 0 Å². The summed E-state index contributed by atoms with van der Waals surface area (Å²) in [6.07, 6.45) is 0. The van der Waals surface area contributed by atoms with E-state index in [1.54, 1.807) is 18.2 Å². The highest BCUT2D eigenvalue weighted by molar-refractivity contribution is 6.03. The number of rotatable bonds is 1. The van der Waals surface area contributed by atoms with Crippen molar-refractivity contribution in [2.24, 2.45) is 0 Å². The van der Waals surface area contributed by atoms with E-state index in [0.717, 1.165) is 27.6 Å². The molecule has 1 N–H and O–H groups in total. The van der Waals surface area contributed by atoms with E-state index in [4.69, 9.17) is 28.1 Å². The largest absolute Gasteiger partial charge is 0.508 e. The number of fused-ring (bicyclic) bond motifs is 3. The van der Waals surface area contributed by atoms with Gasteiger partial charge in [0.15, 0.2) is 16.9 Å². The van der Waals surface area contributed by atoms with Crippen molar-refractivity contribution < 1.29 is 33.2 Å². The summed E-state index contributed by atoms with van der Waals surface area (Å²) in [5, 5.41) is 10.9. The molecule has 188 valence electrons. The van der Waals surface area contributed by atoms with Crippen LogP contribution in [0.25, 0.3) is 33.4 Å². The molecule has 1 aliphatic carbocycles. The first kappa shape index (κ1) is 24.1. The Hall–Kier alpha value is -3.59. The monoisotopic (exact) mass is 492 g/mol. The summed E-state index contributed by atoms with van der Waals surface area (Å²) in [5.74, 6) is 1.71. The van der Waals surface area contributed by atoms with Gasteiger partial charge in [0.1, 0.15) is 30.3 Å². The van der Waals surface area contributed by atoms with Crippen LogP contribution in [0.3, 0.4) is 0 Å². The first-order valence-corrected chi connectivity index (χ1v) is 11.9. The van der Waals surface area contributed by atoms with Gasteiger partial charge in [0.05, 0.1) is 39.6 Å². The SMILES string of the molecule is Cc1cc2c(cc1-c1c3ccc(=O)cc-3oc3cc(O)ccc13)OCCOCCOCCOCCO2. The van der Waals surface area contributed by atoms with Crippen LogP contribution in [0.1, 0.15) is 5.56 Å². The van der Waals surface area contributed by atoms with Gasteiger partial charge in [-0.2, -0.15) is 0 Å². The first-order chi connectivity index (χ1) is 17.6. The summed E-state index contributed by atoms with van der Waals surface area (Å²) in [4.78, 5) is 12.1. The van der Waals surface area contributed by atoms with Gasteiger partial charge in [0.2, 0.25) is 0 Å². The summed E-state index contributed by atoms with van der Waals surface area (Å²) in [5.41, 5.74) is 3.83. The molecule has 0 spiro atoms. The van der Waals surface area contributed by atoms with Crippen LogP contribution in [-0.2, 0) is 14.2 Å². The van der Waals surface area contributed by atoms with Crippen LogP contribution in [0.15, 0.2) is 57.7 Å². The van der Waals surface area contributed by atoms with Crippen LogP contribution in [0.4, 0.5) is 0 Å². The minimum atomic E-state index is -0.155. The predicted octanol–water partition coefficient (Wildman–Crippen LogP) is 4.40. The number of benzene rings is 3. The fraction of sp³-hybridized carbons (Fsp3) is 0.321. The third-order valence-electron chi connectivity index (χ3n) is 5.95. The second kappa shape index (κ2) is 11.0. The zero-order valence-electron chi connectivity index (χ0n) is 20.1. The van der Waals surface area contributed by atoms with Crippen LogP contribution < -0.4 is 14.9 Å². The average molecular weight is 493 g/mol. The van der Waals surface area contributed by atoms with Gasteiger partial charge in [0.25, 0.3) is 0 Å². The summed E-state index contributed by atoms with van der Waals surface area (Å²) in [6.45, 7) is 5.52. The molecular formula is C28H28O8. The van der Waals surface area contributed by atoms with Gasteiger partial charge < -0.3 is 33.2 Å². The Labute approximate surface area is 208 Å². The molecule has 0 radical (unpaired) electrons. The summed E-state index contributed by atoms with van der Waals surface area (Å²) in [7, 11) is 0. The Kier molecular flexibility index (Phi) is 7.36. The number of phenols is 1. The van der Waals surface area contributed by atoms with E-state index in [1.807, 2.05) is 25.1 Å². The highest BCUT2D eigenvalue weighted by atomic mass is 16.6. The topological polar surface area (TPSA) is 96.6 Å². The Bertz CT molecular complexity index is 1380. The molecule has 36 heavy (non-hydrogen) atoms. The number of ether oxygens (including phenoxy) is 5. The minimum Gasteiger partial charge on any atom is -0.508 e. The lowest BCUT2D eigenvalue weighted by molar-refractivity contribution is 0.00708. The van der Waals surface area contributed by atoms with Crippen molar-refractivity contribution in [3.63, 3.8) is 0 Å². The fourth-order valence-corrected chi connectivity index (χ4v) is 4.27. The van der Waals surface area contributed by atoms with Crippen LogP contribution in [-0.4, -0.2) is 58.0 Å². The lowest BCUT2D eigenvalue weighted by Crippen LogP contribution is -2.13. The minimum absolute atomic E-state index is 0.0795. The fourth-order valence-electron chi connectivity index (χ4n) is 4.27. The molecule has 0 bridgehead atoms. The van der Waals surface area contributed by atoms with E-state index in [1.165, 1.54) is 12.1 Å². The zero-order valence-corrected chi connectivity index (χ0v) is 20.1. The molecule has 0 aromatic heterocycles. The van der Waals surface area contributed by atoms with Crippen molar-refractivity contribution in [2.75, 3.05) is 52.9 Å². The Morgan fingerprint density at radius 1 is 0.694 bits per heavy atom. The van der Waals surface area contributed by atoms with Gasteiger partial charge in [-0.25, -0.2) is 0 Å². The summed E-state index contributed by atoms with van der Waals surface area (Å²) >= 11 is 0. The maximum Gasteiger partial charge on any atom is 0.182 e. The Morgan fingerprint density at radius 3 is 2.03 bits per heavy atom. The quantitative estimate of drug-likeness (QED) is 0.391. The maximum absolute atomic E-state index is 12.1. The van der Waals surface area contributed by atoms with Crippen molar-refractivity contribution in [3.05, 3.63) is 64.3 Å². The number of phenolic OH excluding ortho intramolecular Hbond substituents is 1. The Balaban J connectivity index is 1.61. The van der Waals surface area contributed by atoms with Crippen LogP contribution >= 0.6 is 0 Å². The molecule has 5 rings (SSSR count). The highest BCUT2D eigenvalue weighted by Crippen LogP contribution is 2.44. The van der Waals surface area contributed by atoms with Gasteiger partial charge in [-0.1, -0.05) is 0 Å². The van der Waals surface area contributed by atoms with Crippen LogP contribution in [0.5, 0.6) is 17.2 Å². The van der Waals surface area contributed by atoms with E-state index in [2.05, 4.69) is 0 Å².